The number of aromatic nitrogens is 1. The van der Waals surface area contributed by atoms with E-state index in [0.717, 1.165) is 16.4 Å². The molecular formula is C17H23N3O2S. The average molecular weight is 333 g/mol. The second-order valence-electron chi connectivity index (χ2n) is 5.66. The van der Waals surface area contributed by atoms with Gasteiger partial charge in [0.2, 0.25) is 0 Å². The Morgan fingerprint density at radius 3 is 2.74 bits per heavy atom. The van der Waals surface area contributed by atoms with Crippen LogP contribution in [0.15, 0.2) is 29.6 Å². The third-order valence-electron chi connectivity index (χ3n) is 3.63. The Bertz CT molecular complexity index is 669. The summed E-state index contributed by atoms with van der Waals surface area (Å²) in [6.45, 7) is 2.45. The minimum Gasteiger partial charge on any atom is -0.378 e. The Morgan fingerprint density at radius 1 is 1.35 bits per heavy atom. The lowest BCUT2D eigenvalue weighted by Crippen LogP contribution is -2.26. The Kier molecular flexibility index (Phi) is 5.74. The summed E-state index contributed by atoms with van der Waals surface area (Å²) in [5, 5.41) is 2.91. The van der Waals surface area contributed by atoms with Crippen molar-refractivity contribution in [2.75, 3.05) is 33.2 Å². The number of rotatable bonds is 6. The van der Waals surface area contributed by atoms with Gasteiger partial charge in [-0.25, -0.2) is 4.98 Å². The molecule has 0 radical (unpaired) electrons. The number of methoxy groups -OCH3 is 1. The maximum absolute atomic E-state index is 12.6. The van der Waals surface area contributed by atoms with E-state index in [-0.39, 0.29) is 12.0 Å². The molecule has 1 atom stereocenters. The standard InChI is InChI=1S/C17H23N3O2S/c1-12(22-5)16-18-14(11-23-16)10-20(4)17(21)13-7-6-8-15(9-13)19(2)3/h6-9,11-12H,10H2,1-5H3/t12-/m0/s1. The highest BCUT2D eigenvalue weighted by molar-refractivity contribution is 7.09. The predicted octanol–water partition coefficient (Wildman–Crippen LogP) is 3.19. The van der Waals surface area contributed by atoms with Gasteiger partial charge in [-0.3, -0.25) is 4.79 Å². The first-order valence-electron chi connectivity index (χ1n) is 7.42. The zero-order chi connectivity index (χ0) is 17.0. The normalized spacial score (nSPS) is 12.0. The fourth-order valence-electron chi connectivity index (χ4n) is 2.14. The van der Waals surface area contributed by atoms with E-state index >= 15 is 0 Å². The van der Waals surface area contributed by atoms with E-state index in [1.165, 1.54) is 0 Å². The number of hydrogen-bond acceptors (Lipinski definition) is 5. The van der Waals surface area contributed by atoms with Gasteiger partial charge in [0.05, 0.1) is 12.2 Å². The predicted molar refractivity (Wildman–Crippen MR) is 94.1 cm³/mol. The molecule has 2 rings (SSSR count). The van der Waals surface area contributed by atoms with Crippen LogP contribution >= 0.6 is 11.3 Å². The van der Waals surface area contributed by atoms with Gasteiger partial charge >= 0.3 is 0 Å². The highest BCUT2D eigenvalue weighted by Gasteiger charge is 2.15. The SMILES string of the molecule is CO[C@@H](C)c1nc(CN(C)C(=O)c2cccc(N(C)C)c2)cs1. The molecule has 0 unspecified atom stereocenters. The Hall–Kier alpha value is -1.92. The van der Waals surface area contributed by atoms with Gasteiger partial charge in [0.1, 0.15) is 11.1 Å². The lowest BCUT2D eigenvalue weighted by atomic mass is 10.1. The van der Waals surface area contributed by atoms with E-state index < -0.39 is 0 Å². The van der Waals surface area contributed by atoms with Gasteiger partial charge in [-0.1, -0.05) is 6.07 Å². The van der Waals surface area contributed by atoms with Crippen molar-refractivity contribution in [2.45, 2.75) is 19.6 Å². The number of anilines is 1. The first kappa shape index (κ1) is 17.4. The molecule has 1 aromatic carbocycles. The van der Waals surface area contributed by atoms with Gasteiger partial charge in [0.15, 0.2) is 0 Å². The minimum atomic E-state index is -0.0217. The molecule has 2 aromatic rings. The lowest BCUT2D eigenvalue weighted by Gasteiger charge is -2.18. The van der Waals surface area contributed by atoms with Gasteiger partial charge in [-0.2, -0.15) is 0 Å². The number of nitrogens with zero attached hydrogens (tertiary/aromatic N) is 3. The molecule has 124 valence electrons. The Morgan fingerprint density at radius 2 is 2.09 bits per heavy atom. The molecule has 1 aromatic heterocycles. The molecule has 0 aliphatic carbocycles. The van der Waals surface area contributed by atoms with Crippen LogP contribution < -0.4 is 4.90 Å². The summed E-state index contributed by atoms with van der Waals surface area (Å²) < 4.78 is 5.27. The van der Waals surface area contributed by atoms with Gasteiger partial charge in [0.25, 0.3) is 5.91 Å². The van der Waals surface area contributed by atoms with Crippen LogP contribution in [0.25, 0.3) is 0 Å². The maximum atomic E-state index is 12.6. The van der Waals surface area contributed by atoms with Gasteiger partial charge in [0, 0.05) is 44.9 Å². The third-order valence-corrected chi connectivity index (χ3v) is 4.68. The molecule has 1 heterocycles. The van der Waals surface area contributed by atoms with Crippen molar-refractivity contribution >= 4 is 22.9 Å². The number of benzene rings is 1. The van der Waals surface area contributed by atoms with Crippen LogP contribution in [0, 0.1) is 0 Å². The van der Waals surface area contributed by atoms with Crippen molar-refractivity contribution in [3.63, 3.8) is 0 Å². The van der Waals surface area contributed by atoms with Crippen LogP contribution in [0.1, 0.15) is 34.1 Å². The molecule has 0 aliphatic heterocycles. The highest BCUT2D eigenvalue weighted by Crippen LogP contribution is 2.21. The van der Waals surface area contributed by atoms with Crippen LogP contribution in [0.2, 0.25) is 0 Å². The largest absolute Gasteiger partial charge is 0.378 e. The molecule has 0 saturated carbocycles. The summed E-state index contributed by atoms with van der Waals surface area (Å²) in [6, 6.07) is 7.62. The van der Waals surface area contributed by atoms with E-state index in [1.54, 1.807) is 30.4 Å². The van der Waals surface area contributed by atoms with Crippen LogP contribution in [-0.4, -0.2) is 44.0 Å². The van der Waals surface area contributed by atoms with Crippen molar-refractivity contribution in [2.24, 2.45) is 0 Å². The quantitative estimate of drug-likeness (QED) is 0.814. The molecule has 0 fully saturated rings. The van der Waals surface area contributed by atoms with E-state index in [0.29, 0.717) is 12.1 Å². The number of ether oxygens (including phenoxy) is 1. The van der Waals surface area contributed by atoms with E-state index in [4.69, 9.17) is 4.74 Å². The summed E-state index contributed by atoms with van der Waals surface area (Å²) in [4.78, 5) is 20.8. The maximum Gasteiger partial charge on any atom is 0.254 e. The van der Waals surface area contributed by atoms with Crippen molar-refractivity contribution in [1.29, 1.82) is 0 Å². The smallest absolute Gasteiger partial charge is 0.254 e. The molecule has 23 heavy (non-hydrogen) atoms. The first-order valence-corrected chi connectivity index (χ1v) is 8.30. The summed E-state index contributed by atoms with van der Waals surface area (Å²) in [7, 11) is 7.38. The summed E-state index contributed by atoms with van der Waals surface area (Å²) in [5.74, 6) is -0.0111. The van der Waals surface area contributed by atoms with Crippen LogP contribution in [0.4, 0.5) is 5.69 Å². The number of amides is 1. The molecule has 5 nitrogen and oxygen atoms in total. The molecule has 0 spiro atoms. The molecule has 0 N–H and O–H groups in total. The fourth-order valence-corrected chi connectivity index (χ4v) is 2.98. The molecule has 0 aliphatic rings. The highest BCUT2D eigenvalue weighted by atomic mass is 32.1. The molecule has 1 amide bonds. The third kappa shape index (κ3) is 4.30. The van der Waals surface area contributed by atoms with Crippen LogP contribution in [0.3, 0.4) is 0 Å². The Balaban J connectivity index is 2.08. The number of carbonyl (C=O) groups excluding carboxylic acids is 1. The van der Waals surface area contributed by atoms with Crippen molar-refractivity contribution in [3.8, 4) is 0 Å². The van der Waals surface area contributed by atoms with Crippen LogP contribution in [-0.2, 0) is 11.3 Å². The second kappa shape index (κ2) is 7.57. The van der Waals surface area contributed by atoms with E-state index in [9.17, 15) is 4.79 Å². The topological polar surface area (TPSA) is 45.7 Å². The zero-order valence-electron chi connectivity index (χ0n) is 14.2. The Labute approximate surface area is 141 Å². The monoisotopic (exact) mass is 333 g/mol. The fraction of sp³-hybridized carbons (Fsp3) is 0.412. The molecular weight excluding hydrogens is 310 g/mol. The van der Waals surface area contributed by atoms with Crippen LogP contribution in [0.5, 0.6) is 0 Å². The first-order chi connectivity index (χ1) is 10.9. The average Bonchev–Trinajstić information content (AvgIpc) is 3.01. The van der Waals surface area contributed by atoms with E-state index in [1.807, 2.05) is 55.6 Å². The van der Waals surface area contributed by atoms with Gasteiger partial charge < -0.3 is 14.5 Å². The number of carbonyl (C=O) groups is 1. The molecule has 0 bridgehead atoms. The zero-order valence-corrected chi connectivity index (χ0v) is 15.1. The van der Waals surface area contributed by atoms with Crippen molar-refractivity contribution in [1.82, 2.24) is 9.88 Å². The van der Waals surface area contributed by atoms with Gasteiger partial charge in [-0.15, -0.1) is 11.3 Å². The number of hydrogen-bond donors (Lipinski definition) is 0. The molecule has 6 heteroatoms. The minimum absolute atomic E-state index is 0.0111. The van der Waals surface area contributed by atoms with Gasteiger partial charge in [-0.05, 0) is 25.1 Å². The number of thiazole rings is 1. The van der Waals surface area contributed by atoms with E-state index in [2.05, 4.69) is 4.98 Å². The molecule has 0 saturated heterocycles. The van der Waals surface area contributed by atoms with Crippen molar-refractivity contribution < 1.29 is 9.53 Å². The summed E-state index contributed by atoms with van der Waals surface area (Å²) in [6.07, 6.45) is -0.0217. The lowest BCUT2D eigenvalue weighted by molar-refractivity contribution is 0.0783. The second-order valence-corrected chi connectivity index (χ2v) is 6.55. The van der Waals surface area contributed by atoms with Crippen molar-refractivity contribution in [3.05, 3.63) is 45.9 Å². The summed E-state index contributed by atoms with van der Waals surface area (Å²) in [5.41, 5.74) is 2.57. The summed E-state index contributed by atoms with van der Waals surface area (Å²) >= 11 is 1.56.